The average molecular weight is 345 g/mol. The number of imidazole rings is 1. The van der Waals surface area contributed by atoms with Gasteiger partial charge >= 0.3 is 0 Å². The van der Waals surface area contributed by atoms with Crippen LogP contribution < -0.4 is 9.47 Å². The minimum absolute atomic E-state index is 0.131. The van der Waals surface area contributed by atoms with Gasteiger partial charge in [0.15, 0.2) is 22.9 Å². The van der Waals surface area contributed by atoms with Crippen LogP contribution in [0.1, 0.15) is 17.0 Å². The molecule has 1 aliphatic heterocycles. The van der Waals surface area contributed by atoms with Gasteiger partial charge in [-0.25, -0.2) is 4.98 Å². The first-order valence-corrected chi connectivity index (χ1v) is 6.95. The van der Waals surface area contributed by atoms with Crippen molar-refractivity contribution in [3.05, 3.63) is 39.9 Å². The molecule has 0 fully saturated rings. The Morgan fingerprint density at radius 2 is 1.90 bits per heavy atom. The molecule has 104 valence electrons. The second-order valence-electron chi connectivity index (χ2n) is 4.38. The van der Waals surface area contributed by atoms with E-state index in [1.165, 1.54) is 6.33 Å². The first-order valence-electron chi connectivity index (χ1n) is 6.16. The number of nitrogens with zero attached hydrogens (tertiary/aromatic N) is 4. The van der Waals surface area contributed by atoms with Gasteiger partial charge in [0.05, 0.1) is 12.9 Å². The van der Waals surface area contributed by atoms with Crippen LogP contribution in [0.3, 0.4) is 0 Å². The molecular formula is C14H9BrN4O2. The molecule has 0 amide bonds. The zero-order valence-electron chi connectivity index (χ0n) is 10.8. The molecule has 6 nitrogen and oxygen atoms in total. The fourth-order valence-corrected chi connectivity index (χ4v) is 2.56. The van der Waals surface area contributed by atoms with Gasteiger partial charge in [0.2, 0.25) is 0 Å². The van der Waals surface area contributed by atoms with E-state index in [-0.39, 0.29) is 11.4 Å². The van der Waals surface area contributed by atoms with E-state index < -0.39 is 0 Å². The van der Waals surface area contributed by atoms with Crippen LogP contribution in [-0.2, 0) is 6.54 Å². The number of halogens is 1. The van der Waals surface area contributed by atoms with Crippen molar-refractivity contribution < 1.29 is 9.47 Å². The lowest BCUT2D eigenvalue weighted by Crippen LogP contribution is -2.16. The molecule has 3 rings (SSSR count). The summed E-state index contributed by atoms with van der Waals surface area (Å²) in [6.07, 6.45) is 1.49. The van der Waals surface area contributed by atoms with Gasteiger partial charge in [-0.05, 0) is 17.7 Å². The number of nitriles is 2. The van der Waals surface area contributed by atoms with Crippen LogP contribution in [-0.4, -0.2) is 22.8 Å². The molecule has 0 bridgehead atoms. The van der Waals surface area contributed by atoms with Crippen molar-refractivity contribution >= 4 is 15.9 Å². The van der Waals surface area contributed by atoms with E-state index >= 15 is 0 Å². The largest absolute Gasteiger partial charge is 0.486 e. The first-order chi connectivity index (χ1) is 10.2. The molecule has 0 aliphatic carbocycles. The molecule has 1 aromatic carbocycles. The Morgan fingerprint density at radius 3 is 2.57 bits per heavy atom. The smallest absolute Gasteiger partial charge is 0.176 e. The highest BCUT2D eigenvalue weighted by atomic mass is 79.9. The number of hydrogen-bond donors (Lipinski definition) is 0. The molecule has 21 heavy (non-hydrogen) atoms. The Hall–Kier alpha value is -2.51. The van der Waals surface area contributed by atoms with Crippen LogP contribution in [0.4, 0.5) is 0 Å². The van der Waals surface area contributed by atoms with Crippen LogP contribution in [0.5, 0.6) is 11.5 Å². The van der Waals surface area contributed by atoms with Gasteiger partial charge < -0.3 is 14.0 Å². The van der Waals surface area contributed by atoms with E-state index in [0.717, 1.165) is 10.0 Å². The number of fused-ring (bicyclic) bond motifs is 1. The quantitative estimate of drug-likeness (QED) is 0.833. The van der Waals surface area contributed by atoms with Crippen molar-refractivity contribution in [1.29, 1.82) is 10.5 Å². The monoisotopic (exact) mass is 344 g/mol. The summed E-state index contributed by atoms with van der Waals surface area (Å²) in [4.78, 5) is 3.93. The van der Waals surface area contributed by atoms with Crippen molar-refractivity contribution in [2.45, 2.75) is 6.54 Å². The molecule has 1 aromatic heterocycles. The molecule has 2 aromatic rings. The second-order valence-corrected chi connectivity index (χ2v) is 5.23. The Kier molecular flexibility index (Phi) is 3.51. The van der Waals surface area contributed by atoms with E-state index in [1.54, 1.807) is 4.57 Å². The van der Waals surface area contributed by atoms with Crippen molar-refractivity contribution in [2.24, 2.45) is 0 Å². The summed E-state index contributed by atoms with van der Waals surface area (Å²) in [6.45, 7) is 1.46. The average Bonchev–Trinajstić information content (AvgIpc) is 2.89. The predicted molar refractivity (Wildman–Crippen MR) is 75.9 cm³/mol. The maximum absolute atomic E-state index is 9.14. The number of hydrogen-bond acceptors (Lipinski definition) is 5. The standard InChI is InChI=1S/C14H9BrN4O2/c15-10-4-14-13(20-1-2-21-14)3-9(10)7-19-8-18-11(5-16)12(19)6-17/h3-4,8H,1-2,7H2. The van der Waals surface area contributed by atoms with Gasteiger partial charge in [-0.1, -0.05) is 15.9 Å². The molecule has 0 N–H and O–H groups in total. The summed E-state index contributed by atoms with van der Waals surface area (Å²) < 4.78 is 13.5. The lowest BCUT2D eigenvalue weighted by Gasteiger charge is -2.20. The van der Waals surface area contributed by atoms with E-state index in [1.807, 2.05) is 24.3 Å². The molecular weight excluding hydrogens is 336 g/mol. The highest BCUT2D eigenvalue weighted by Crippen LogP contribution is 2.35. The van der Waals surface area contributed by atoms with E-state index in [9.17, 15) is 0 Å². The summed E-state index contributed by atoms with van der Waals surface area (Å²) in [7, 11) is 0. The normalized spacial score (nSPS) is 12.5. The Labute approximate surface area is 129 Å². The third-order valence-electron chi connectivity index (χ3n) is 3.10. The molecule has 7 heteroatoms. The predicted octanol–water partition coefficient (Wildman–Crippen LogP) is 2.21. The minimum atomic E-state index is 0.131. The summed E-state index contributed by atoms with van der Waals surface area (Å²) in [5, 5.41) is 18.1. The first kappa shape index (κ1) is 13.5. The number of ether oxygens (including phenoxy) is 2. The van der Waals surface area contributed by atoms with Crippen LogP contribution in [0.15, 0.2) is 22.9 Å². The maximum Gasteiger partial charge on any atom is 0.176 e. The van der Waals surface area contributed by atoms with Crippen LogP contribution >= 0.6 is 15.9 Å². The SMILES string of the molecule is N#Cc1ncn(Cc2cc3c(cc2Br)OCCO3)c1C#N. The second kappa shape index (κ2) is 5.47. The van der Waals surface area contributed by atoms with Crippen LogP contribution in [0.2, 0.25) is 0 Å². The highest BCUT2D eigenvalue weighted by Gasteiger charge is 2.17. The molecule has 1 aliphatic rings. The van der Waals surface area contributed by atoms with Crippen LogP contribution in [0.25, 0.3) is 0 Å². The number of aromatic nitrogens is 2. The van der Waals surface area contributed by atoms with Crippen LogP contribution in [0, 0.1) is 22.7 Å². The Morgan fingerprint density at radius 1 is 1.19 bits per heavy atom. The van der Waals surface area contributed by atoms with Crippen molar-refractivity contribution in [3.63, 3.8) is 0 Å². The van der Waals surface area contributed by atoms with Gasteiger partial charge in [-0.2, -0.15) is 10.5 Å². The molecule has 0 spiro atoms. The van der Waals surface area contributed by atoms with E-state index in [4.69, 9.17) is 20.0 Å². The van der Waals surface area contributed by atoms with E-state index in [2.05, 4.69) is 20.9 Å². The summed E-state index contributed by atoms with van der Waals surface area (Å²) in [5.74, 6) is 1.37. The zero-order valence-corrected chi connectivity index (χ0v) is 12.4. The molecule has 2 heterocycles. The van der Waals surface area contributed by atoms with E-state index in [0.29, 0.717) is 31.3 Å². The van der Waals surface area contributed by atoms with Gasteiger partial charge in [0, 0.05) is 4.47 Å². The minimum Gasteiger partial charge on any atom is -0.486 e. The van der Waals surface area contributed by atoms with Crippen molar-refractivity contribution in [3.8, 4) is 23.6 Å². The molecule has 0 atom stereocenters. The lowest BCUT2D eigenvalue weighted by molar-refractivity contribution is 0.171. The van der Waals surface area contributed by atoms with Gasteiger partial charge in [0.1, 0.15) is 25.4 Å². The summed E-state index contributed by atoms with van der Waals surface area (Å²) in [6, 6.07) is 7.62. The highest BCUT2D eigenvalue weighted by molar-refractivity contribution is 9.10. The molecule has 0 saturated carbocycles. The molecule has 0 unspecified atom stereocenters. The topological polar surface area (TPSA) is 83.9 Å². The Bertz CT molecular complexity index is 785. The Balaban J connectivity index is 1.98. The third-order valence-corrected chi connectivity index (χ3v) is 3.84. The molecule has 0 saturated heterocycles. The van der Waals surface area contributed by atoms with Gasteiger partial charge in [-0.3, -0.25) is 0 Å². The van der Waals surface area contributed by atoms with Gasteiger partial charge in [0.25, 0.3) is 0 Å². The fourth-order valence-electron chi connectivity index (χ4n) is 2.11. The molecule has 0 radical (unpaired) electrons. The zero-order chi connectivity index (χ0) is 14.8. The summed E-state index contributed by atoms with van der Waals surface area (Å²) in [5.41, 5.74) is 1.29. The third kappa shape index (κ3) is 2.44. The summed E-state index contributed by atoms with van der Waals surface area (Å²) >= 11 is 3.49. The fraction of sp³-hybridized carbons (Fsp3) is 0.214. The number of rotatable bonds is 2. The van der Waals surface area contributed by atoms with Crippen molar-refractivity contribution in [1.82, 2.24) is 9.55 Å². The number of benzene rings is 1. The van der Waals surface area contributed by atoms with Crippen molar-refractivity contribution in [2.75, 3.05) is 13.2 Å². The maximum atomic E-state index is 9.14. The van der Waals surface area contributed by atoms with Gasteiger partial charge in [-0.15, -0.1) is 0 Å². The lowest BCUT2D eigenvalue weighted by atomic mass is 10.2.